The quantitative estimate of drug-likeness (QED) is 0.908. The summed E-state index contributed by atoms with van der Waals surface area (Å²) in [7, 11) is 0. The van der Waals surface area contributed by atoms with Gasteiger partial charge in [-0.2, -0.15) is 0 Å². The van der Waals surface area contributed by atoms with E-state index >= 15 is 0 Å². The lowest BCUT2D eigenvalue weighted by Gasteiger charge is -2.28. The average Bonchev–Trinajstić information content (AvgIpc) is 3.07. The Morgan fingerprint density at radius 3 is 2.39 bits per heavy atom. The van der Waals surface area contributed by atoms with E-state index in [0.717, 1.165) is 18.4 Å². The number of amides is 1. The third-order valence-electron chi connectivity index (χ3n) is 3.64. The van der Waals surface area contributed by atoms with Crippen molar-refractivity contribution >= 4 is 29.1 Å². The maximum Gasteiger partial charge on any atom is 0.225 e. The molecule has 1 heterocycles. The fourth-order valence-electron chi connectivity index (χ4n) is 2.71. The predicted octanol–water partition coefficient (Wildman–Crippen LogP) is 2.76. The van der Waals surface area contributed by atoms with Crippen molar-refractivity contribution in [1.82, 2.24) is 4.90 Å². The van der Waals surface area contributed by atoms with E-state index in [4.69, 9.17) is 28.9 Å². The number of nitrogens with two attached hydrogens (primary N) is 1. The van der Waals surface area contributed by atoms with Gasteiger partial charge in [0.05, 0.1) is 6.04 Å². The zero-order valence-corrected chi connectivity index (χ0v) is 11.3. The monoisotopic (exact) mass is 284 g/mol. The van der Waals surface area contributed by atoms with Gasteiger partial charge >= 0.3 is 0 Å². The Bertz CT molecular complexity index is 482. The second-order valence-corrected chi connectivity index (χ2v) is 5.79. The molecule has 0 aromatic heterocycles. The van der Waals surface area contributed by atoms with Gasteiger partial charge in [0.2, 0.25) is 5.91 Å². The number of hydrogen-bond donors (Lipinski definition) is 1. The van der Waals surface area contributed by atoms with E-state index in [1.807, 2.05) is 4.90 Å². The zero-order valence-electron chi connectivity index (χ0n) is 9.77. The number of carbonyl (C=O) groups excluding carboxylic acids is 1. The molecule has 1 aromatic carbocycles. The van der Waals surface area contributed by atoms with Crippen LogP contribution in [0.1, 0.15) is 30.9 Å². The maximum atomic E-state index is 12.0. The van der Waals surface area contributed by atoms with E-state index in [-0.39, 0.29) is 18.0 Å². The van der Waals surface area contributed by atoms with Crippen LogP contribution in [0.15, 0.2) is 18.2 Å². The van der Waals surface area contributed by atoms with Crippen molar-refractivity contribution in [3.63, 3.8) is 0 Å². The first-order valence-corrected chi connectivity index (χ1v) is 6.86. The van der Waals surface area contributed by atoms with Crippen LogP contribution >= 0.6 is 23.2 Å². The highest BCUT2D eigenvalue weighted by molar-refractivity contribution is 6.36. The minimum Gasteiger partial charge on any atom is -0.331 e. The van der Waals surface area contributed by atoms with Crippen LogP contribution < -0.4 is 5.73 Å². The molecule has 1 amide bonds. The van der Waals surface area contributed by atoms with Gasteiger partial charge in [0.1, 0.15) is 0 Å². The summed E-state index contributed by atoms with van der Waals surface area (Å²) in [4.78, 5) is 13.9. The third kappa shape index (κ3) is 1.91. The molecule has 3 nitrogen and oxygen atoms in total. The Balaban J connectivity index is 2.05. The predicted molar refractivity (Wildman–Crippen MR) is 71.7 cm³/mol. The molecule has 5 heteroatoms. The highest BCUT2D eigenvalue weighted by Crippen LogP contribution is 2.44. The van der Waals surface area contributed by atoms with Gasteiger partial charge < -0.3 is 10.6 Å². The molecule has 3 rings (SSSR count). The van der Waals surface area contributed by atoms with Crippen molar-refractivity contribution in [2.24, 2.45) is 5.73 Å². The Morgan fingerprint density at radius 1 is 1.22 bits per heavy atom. The van der Waals surface area contributed by atoms with Crippen molar-refractivity contribution in [3.8, 4) is 0 Å². The van der Waals surface area contributed by atoms with Crippen LogP contribution in [0.4, 0.5) is 0 Å². The van der Waals surface area contributed by atoms with Gasteiger partial charge in [0.15, 0.2) is 0 Å². The summed E-state index contributed by atoms with van der Waals surface area (Å²) in [5, 5.41) is 1.17. The summed E-state index contributed by atoms with van der Waals surface area (Å²) in [6.45, 7) is 0. The molecule has 1 aromatic rings. The number of benzene rings is 1. The molecule has 0 spiro atoms. The SMILES string of the molecule is NC1CC(=O)N(C2CC2)C1c1c(Cl)cccc1Cl. The van der Waals surface area contributed by atoms with Crippen LogP contribution in [-0.4, -0.2) is 22.9 Å². The third-order valence-corrected chi connectivity index (χ3v) is 4.30. The van der Waals surface area contributed by atoms with Crippen molar-refractivity contribution in [2.45, 2.75) is 37.4 Å². The van der Waals surface area contributed by atoms with E-state index in [9.17, 15) is 4.79 Å². The number of likely N-dealkylation sites (tertiary alicyclic amines) is 1. The average molecular weight is 285 g/mol. The molecule has 1 aliphatic heterocycles. The summed E-state index contributed by atoms with van der Waals surface area (Å²) in [6.07, 6.45) is 2.48. The lowest BCUT2D eigenvalue weighted by Crippen LogP contribution is -2.35. The van der Waals surface area contributed by atoms with E-state index < -0.39 is 0 Å². The molecule has 2 fully saturated rings. The Labute approximate surface area is 116 Å². The molecule has 1 saturated carbocycles. The van der Waals surface area contributed by atoms with Gasteiger partial charge in [-0.25, -0.2) is 0 Å². The summed E-state index contributed by atoms with van der Waals surface area (Å²) in [5.74, 6) is 0.117. The largest absolute Gasteiger partial charge is 0.331 e. The molecule has 2 N–H and O–H groups in total. The lowest BCUT2D eigenvalue weighted by molar-refractivity contribution is -0.129. The van der Waals surface area contributed by atoms with Gasteiger partial charge in [-0.15, -0.1) is 0 Å². The Kier molecular flexibility index (Phi) is 3.00. The van der Waals surface area contributed by atoms with Gasteiger partial charge in [0.25, 0.3) is 0 Å². The Morgan fingerprint density at radius 2 is 1.83 bits per heavy atom. The lowest BCUT2D eigenvalue weighted by atomic mass is 10.0. The molecule has 18 heavy (non-hydrogen) atoms. The normalized spacial score (nSPS) is 27.9. The number of rotatable bonds is 2. The molecule has 1 aliphatic carbocycles. The van der Waals surface area contributed by atoms with E-state index in [1.54, 1.807) is 18.2 Å². The van der Waals surface area contributed by atoms with Crippen LogP contribution in [0.3, 0.4) is 0 Å². The van der Waals surface area contributed by atoms with Gasteiger partial charge in [-0.05, 0) is 25.0 Å². The molecule has 1 saturated heterocycles. The first-order valence-electron chi connectivity index (χ1n) is 6.10. The van der Waals surface area contributed by atoms with E-state index in [1.165, 1.54) is 0 Å². The summed E-state index contributed by atoms with van der Waals surface area (Å²) in [5.41, 5.74) is 6.91. The molecule has 0 bridgehead atoms. The summed E-state index contributed by atoms with van der Waals surface area (Å²) < 4.78 is 0. The number of carbonyl (C=O) groups is 1. The van der Waals surface area contributed by atoms with E-state index in [2.05, 4.69) is 0 Å². The number of nitrogens with zero attached hydrogens (tertiary/aromatic N) is 1. The minimum atomic E-state index is -0.226. The number of halogens is 2. The first kappa shape index (κ1) is 12.3. The standard InChI is InChI=1S/C13H14Cl2N2O/c14-8-2-1-3-9(15)12(8)13-10(16)6-11(18)17(13)7-4-5-7/h1-3,7,10,13H,4-6,16H2. The Hall–Kier alpha value is -0.770. The number of hydrogen-bond acceptors (Lipinski definition) is 2. The second-order valence-electron chi connectivity index (χ2n) is 4.98. The van der Waals surface area contributed by atoms with Gasteiger partial charge in [-0.3, -0.25) is 4.79 Å². The highest BCUT2D eigenvalue weighted by atomic mass is 35.5. The van der Waals surface area contributed by atoms with Crippen LogP contribution in [0, 0.1) is 0 Å². The van der Waals surface area contributed by atoms with E-state index in [0.29, 0.717) is 22.5 Å². The van der Waals surface area contributed by atoms with Crippen LogP contribution in [0.2, 0.25) is 10.0 Å². The zero-order chi connectivity index (χ0) is 12.9. The van der Waals surface area contributed by atoms with Gasteiger partial charge in [-0.1, -0.05) is 29.3 Å². The molecule has 96 valence electrons. The van der Waals surface area contributed by atoms with Crippen molar-refractivity contribution in [2.75, 3.05) is 0 Å². The topological polar surface area (TPSA) is 46.3 Å². The van der Waals surface area contributed by atoms with Crippen molar-refractivity contribution in [3.05, 3.63) is 33.8 Å². The minimum absolute atomic E-state index is 0.117. The fourth-order valence-corrected chi connectivity index (χ4v) is 3.33. The molecule has 2 atom stereocenters. The van der Waals surface area contributed by atoms with Crippen LogP contribution in [-0.2, 0) is 4.79 Å². The molecular formula is C13H14Cl2N2O. The fraction of sp³-hybridized carbons (Fsp3) is 0.462. The smallest absolute Gasteiger partial charge is 0.225 e. The van der Waals surface area contributed by atoms with Crippen LogP contribution in [0.25, 0.3) is 0 Å². The molecule has 2 unspecified atom stereocenters. The summed E-state index contributed by atoms with van der Waals surface area (Å²) >= 11 is 12.5. The summed E-state index contributed by atoms with van der Waals surface area (Å²) in [6, 6.07) is 5.31. The van der Waals surface area contributed by atoms with Crippen LogP contribution in [0.5, 0.6) is 0 Å². The first-order chi connectivity index (χ1) is 8.59. The molecule has 2 aliphatic rings. The highest BCUT2D eigenvalue weighted by Gasteiger charge is 2.47. The second kappa shape index (κ2) is 4.41. The van der Waals surface area contributed by atoms with Crippen molar-refractivity contribution < 1.29 is 4.79 Å². The molecule has 0 radical (unpaired) electrons. The maximum absolute atomic E-state index is 12.0. The molecular weight excluding hydrogens is 271 g/mol. The van der Waals surface area contributed by atoms with Gasteiger partial charge in [0, 0.05) is 34.1 Å². The van der Waals surface area contributed by atoms with Crippen molar-refractivity contribution in [1.29, 1.82) is 0 Å².